The van der Waals surface area contributed by atoms with E-state index in [-0.39, 0.29) is 12.5 Å². The molecule has 1 amide bonds. The number of carbonyl (C=O) groups is 1. The van der Waals surface area contributed by atoms with Crippen molar-refractivity contribution in [1.29, 1.82) is 0 Å². The monoisotopic (exact) mass is 506 g/mol. The van der Waals surface area contributed by atoms with E-state index in [1.807, 2.05) is 47.2 Å². The van der Waals surface area contributed by atoms with E-state index in [0.29, 0.717) is 17.8 Å². The zero-order valence-corrected chi connectivity index (χ0v) is 18.9. The number of carbonyl (C=O) groups excluding carboxylic acids is 1. The molecule has 0 aliphatic carbocycles. The smallest absolute Gasteiger partial charge is 0.347 e. The van der Waals surface area contributed by atoms with Crippen LogP contribution < -0.4 is 5.32 Å². The molecule has 0 saturated carbocycles. The molecule has 0 unspecified atom stereocenters. The van der Waals surface area contributed by atoms with Crippen LogP contribution in [0.15, 0.2) is 64.5 Å². The maximum Gasteiger partial charge on any atom is 0.416 e. The molecule has 4 aromatic rings. The molecule has 0 fully saturated rings. The first-order valence-corrected chi connectivity index (χ1v) is 11.2. The van der Waals surface area contributed by atoms with E-state index in [4.69, 9.17) is 0 Å². The molecule has 0 radical (unpaired) electrons. The first-order chi connectivity index (χ1) is 14.7. The number of rotatable bonds is 5. The minimum Gasteiger partial charge on any atom is -0.347 e. The highest BCUT2D eigenvalue weighted by Gasteiger charge is 2.30. The number of hydrogen-bond donors (Lipinski definition) is 1. The Balaban J connectivity index is 1.60. The van der Waals surface area contributed by atoms with Gasteiger partial charge in [0.25, 0.3) is 5.91 Å². The van der Waals surface area contributed by atoms with Gasteiger partial charge in [-0.3, -0.25) is 4.79 Å². The summed E-state index contributed by atoms with van der Waals surface area (Å²) in [6.07, 6.45) is -4.42. The van der Waals surface area contributed by atoms with Gasteiger partial charge in [0.05, 0.1) is 20.3 Å². The van der Waals surface area contributed by atoms with Crippen molar-refractivity contribution in [3.8, 4) is 0 Å². The maximum atomic E-state index is 13.0. The Morgan fingerprint density at radius 1 is 1.10 bits per heavy atom. The lowest BCUT2D eigenvalue weighted by atomic mass is 10.1. The van der Waals surface area contributed by atoms with Gasteiger partial charge >= 0.3 is 6.18 Å². The van der Waals surface area contributed by atoms with E-state index in [9.17, 15) is 18.0 Å². The lowest BCUT2D eigenvalue weighted by molar-refractivity contribution is -0.137. The molecule has 0 aliphatic heterocycles. The molecule has 2 heterocycles. The summed E-state index contributed by atoms with van der Waals surface area (Å²) >= 11 is 5.08. The predicted molar refractivity (Wildman–Crippen MR) is 120 cm³/mol. The standard InChI is InChI=1S/C23H18BrF3N2OS/c1-14-5-7-15(8-6-14)12-29-19(10-20-21(29)18(24)13-31-20)22(30)28-11-16-3-2-4-17(9-16)23(25,26)27/h2-10,13H,11-12H2,1H3,(H,28,30). The van der Waals surface area contributed by atoms with Crippen LogP contribution in [0, 0.1) is 6.92 Å². The number of aryl methyl sites for hydroxylation is 1. The van der Waals surface area contributed by atoms with Gasteiger partial charge in [-0.2, -0.15) is 13.2 Å². The summed E-state index contributed by atoms with van der Waals surface area (Å²) in [5.74, 6) is -0.333. The lowest BCUT2D eigenvalue weighted by Gasteiger charge is -2.13. The molecule has 0 saturated heterocycles. The number of nitrogens with one attached hydrogen (secondary N) is 1. The molecule has 4 rings (SSSR count). The molecule has 2 aromatic carbocycles. The maximum absolute atomic E-state index is 13.0. The Hall–Kier alpha value is -2.58. The van der Waals surface area contributed by atoms with Gasteiger partial charge in [-0.1, -0.05) is 42.0 Å². The van der Waals surface area contributed by atoms with E-state index in [2.05, 4.69) is 21.2 Å². The van der Waals surface area contributed by atoms with Gasteiger partial charge < -0.3 is 9.88 Å². The number of aromatic nitrogens is 1. The second-order valence-electron chi connectivity index (χ2n) is 7.28. The van der Waals surface area contributed by atoms with Crippen molar-refractivity contribution in [3.63, 3.8) is 0 Å². The first kappa shape index (κ1) is 21.6. The zero-order chi connectivity index (χ0) is 22.2. The summed E-state index contributed by atoms with van der Waals surface area (Å²) in [7, 11) is 0. The molecular weight excluding hydrogens is 489 g/mol. The van der Waals surface area contributed by atoms with Crippen LogP contribution in [0.5, 0.6) is 0 Å². The number of alkyl halides is 3. The molecule has 0 bridgehead atoms. The summed E-state index contributed by atoms with van der Waals surface area (Å²) in [5.41, 5.74) is 3.25. The fourth-order valence-corrected chi connectivity index (χ4v) is 5.08. The van der Waals surface area contributed by atoms with Crippen LogP contribution in [-0.2, 0) is 19.3 Å². The fourth-order valence-electron chi connectivity index (χ4n) is 3.39. The molecule has 8 heteroatoms. The molecule has 0 aliphatic rings. The van der Waals surface area contributed by atoms with Crippen molar-refractivity contribution in [2.24, 2.45) is 0 Å². The Kier molecular flexibility index (Phi) is 5.94. The van der Waals surface area contributed by atoms with Crippen LogP contribution in [0.3, 0.4) is 0 Å². The highest BCUT2D eigenvalue weighted by Crippen LogP contribution is 2.34. The third-order valence-electron chi connectivity index (χ3n) is 4.98. The predicted octanol–water partition coefficient (Wildman–Crippen LogP) is 6.77. The van der Waals surface area contributed by atoms with Crippen molar-refractivity contribution in [2.75, 3.05) is 0 Å². The average molecular weight is 507 g/mol. The fraction of sp³-hybridized carbons (Fsp3) is 0.174. The van der Waals surface area contributed by atoms with Gasteiger partial charge in [0.2, 0.25) is 0 Å². The summed E-state index contributed by atoms with van der Waals surface area (Å²) in [6, 6.07) is 14.9. The number of thiophene rings is 1. The Bertz CT molecular complexity index is 1240. The van der Waals surface area contributed by atoms with Crippen LogP contribution in [0.1, 0.15) is 32.7 Å². The highest BCUT2D eigenvalue weighted by molar-refractivity contribution is 9.10. The number of nitrogens with zero attached hydrogens (tertiary/aromatic N) is 1. The second kappa shape index (κ2) is 8.51. The first-order valence-electron chi connectivity index (χ1n) is 9.48. The van der Waals surface area contributed by atoms with Crippen molar-refractivity contribution in [2.45, 2.75) is 26.2 Å². The number of halogens is 4. The number of hydrogen-bond acceptors (Lipinski definition) is 2. The molecule has 0 spiro atoms. The van der Waals surface area contributed by atoms with Crippen LogP contribution in [-0.4, -0.2) is 10.5 Å². The van der Waals surface area contributed by atoms with E-state index in [0.717, 1.165) is 37.9 Å². The normalized spacial score (nSPS) is 11.8. The average Bonchev–Trinajstić information content (AvgIpc) is 3.28. The van der Waals surface area contributed by atoms with Crippen LogP contribution in [0.4, 0.5) is 13.2 Å². The van der Waals surface area contributed by atoms with Crippen molar-refractivity contribution in [1.82, 2.24) is 9.88 Å². The number of benzene rings is 2. The molecule has 0 atom stereocenters. The van der Waals surface area contributed by atoms with E-state index in [1.165, 1.54) is 17.4 Å². The quantitative estimate of drug-likeness (QED) is 0.318. The SMILES string of the molecule is Cc1ccc(Cn2c(C(=O)NCc3cccc(C(F)(F)F)c3)cc3scc(Br)c32)cc1. The second-order valence-corrected chi connectivity index (χ2v) is 9.04. The molecular formula is C23H18BrF3N2OS. The third kappa shape index (κ3) is 4.70. The molecule has 3 nitrogen and oxygen atoms in total. The van der Waals surface area contributed by atoms with Gasteiger partial charge in [-0.25, -0.2) is 0 Å². The van der Waals surface area contributed by atoms with Gasteiger partial charge in [0.1, 0.15) is 5.69 Å². The van der Waals surface area contributed by atoms with Gasteiger partial charge in [-0.15, -0.1) is 11.3 Å². The summed E-state index contributed by atoms with van der Waals surface area (Å²) < 4.78 is 42.6. The van der Waals surface area contributed by atoms with Crippen molar-refractivity contribution in [3.05, 3.63) is 92.4 Å². The largest absolute Gasteiger partial charge is 0.416 e. The number of amides is 1. The Labute approximate surface area is 189 Å². The van der Waals surface area contributed by atoms with Crippen LogP contribution in [0.2, 0.25) is 0 Å². The minimum absolute atomic E-state index is 0.00723. The zero-order valence-electron chi connectivity index (χ0n) is 16.5. The topological polar surface area (TPSA) is 34.0 Å². The molecule has 160 valence electrons. The molecule has 1 N–H and O–H groups in total. The Morgan fingerprint density at radius 3 is 2.55 bits per heavy atom. The van der Waals surface area contributed by atoms with Gasteiger partial charge in [-0.05, 0) is 52.2 Å². The lowest BCUT2D eigenvalue weighted by Crippen LogP contribution is -2.26. The van der Waals surface area contributed by atoms with Gasteiger partial charge in [0, 0.05) is 18.5 Å². The summed E-state index contributed by atoms with van der Waals surface area (Å²) in [5, 5.41) is 4.73. The molecule has 2 aromatic heterocycles. The Morgan fingerprint density at radius 2 is 1.84 bits per heavy atom. The van der Waals surface area contributed by atoms with Crippen LogP contribution in [0.25, 0.3) is 10.2 Å². The number of fused-ring (bicyclic) bond motifs is 1. The highest BCUT2D eigenvalue weighted by atomic mass is 79.9. The van der Waals surface area contributed by atoms with E-state index >= 15 is 0 Å². The molecule has 31 heavy (non-hydrogen) atoms. The minimum atomic E-state index is -4.42. The van der Waals surface area contributed by atoms with Gasteiger partial charge in [0.15, 0.2) is 0 Å². The summed E-state index contributed by atoms with van der Waals surface area (Å²) in [6.45, 7) is 2.53. The third-order valence-corrected chi connectivity index (χ3v) is 6.81. The van der Waals surface area contributed by atoms with E-state index < -0.39 is 11.7 Å². The van der Waals surface area contributed by atoms with Crippen LogP contribution >= 0.6 is 27.3 Å². The van der Waals surface area contributed by atoms with Crippen molar-refractivity contribution >= 4 is 43.4 Å². The van der Waals surface area contributed by atoms with Crippen molar-refractivity contribution < 1.29 is 18.0 Å². The van der Waals surface area contributed by atoms with E-state index in [1.54, 1.807) is 6.07 Å². The summed E-state index contributed by atoms with van der Waals surface area (Å²) in [4.78, 5) is 13.0.